The van der Waals surface area contributed by atoms with Crippen molar-refractivity contribution >= 4 is 5.91 Å². The third-order valence-corrected chi connectivity index (χ3v) is 3.38. The molecule has 1 aliphatic rings. The smallest absolute Gasteiger partial charge is 0.255 e. The average Bonchev–Trinajstić information content (AvgIpc) is 2.38. The molecule has 1 aliphatic heterocycles. The van der Waals surface area contributed by atoms with Crippen molar-refractivity contribution in [3.05, 3.63) is 29.8 Å². The van der Waals surface area contributed by atoms with E-state index in [4.69, 9.17) is 4.74 Å². The first kappa shape index (κ1) is 13.0. The zero-order valence-corrected chi connectivity index (χ0v) is 10.4. The molecule has 0 spiro atoms. The van der Waals surface area contributed by atoms with Crippen LogP contribution in [0.25, 0.3) is 0 Å². The second-order valence-corrected chi connectivity index (χ2v) is 4.95. The van der Waals surface area contributed by atoms with Gasteiger partial charge in [-0.15, -0.1) is 0 Å². The van der Waals surface area contributed by atoms with Crippen molar-refractivity contribution in [2.75, 3.05) is 19.8 Å². The Kier molecular flexibility index (Phi) is 3.91. The monoisotopic (exact) mass is 252 g/mol. The molecular formula is C13H17FN2O2. The highest BCUT2D eigenvalue weighted by atomic mass is 19.1. The van der Waals surface area contributed by atoms with Crippen molar-refractivity contribution in [3.8, 4) is 0 Å². The number of carbonyl (C=O) groups is 1. The summed E-state index contributed by atoms with van der Waals surface area (Å²) < 4.78 is 18.6. The number of hydrogen-bond donors (Lipinski definition) is 1. The number of ether oxygens (including phenoxy) is 1. The molecule has 1 aromatic heterocycles. The van der Waals surface area contributed by atoms with Crippen LogP contribution in [0.5, 0.6) is 0 Å². The van der Waals surface area contributed by atoms with Gasteiger partial charge in [0.05, 0.1) is 5.56 Å². The molecule has 2 heterocycles. The van der Waals surface area contributed by atoms with Gasteiger partial charge in [0.25, 0.3) is 5.91 Å². The second kappa shape index (κ2) is 5.44. The van der Waals surface area contributed by atoms with Crippen molar-refractivity contribution in [1.29, 1.82) is 0 Å². The van der Waals surface area contributed by atoms with E-state index in [9.17, 15) is 9.18 Å². The maximum atomic E-state index is 13.3. The van der Waals surface area contributed by atoms with Crippen LogP contribution in [0.1, 0.15) is 30.1 Å². The van der Waals surface area contributed by atoms with Gasteiger partial charge in [-0.1, -0.05) is 6.92 Å². The Morgan fingerprint density at radius 1 is 1.56 bits per heavy atom. The largest absolute Gasteiger partial charge is 0.381 e. The first-order valence-electron chi connectivity index (χ1n) is 6.07. The molecular weight excluding hydrogens is 235 g/mol. The lowest BCUT2D eigenvalue weighted by molar-refractivity contribution is 0.0238. The van der Waals surface area contributed by atoms with E-state index in [1.165, 1.54) is 12.3 Å². The predicted octanol–water partition coefficient (Wildman–Crippen LogP) is 1.77. The Morgan fingerprint density at radius 3 is 2.94 bits per heavy atom. The van der Waals surface area contributed by atoms with Gasteiger partial charge in [0, 0.05) is 26.0 Å². The number of rotatable bonds is 3. The fourth-order valence-corrected chi connectivity index (χ4v) is 1.99. The number of carbonyl (C=O) groups excluding carboxylic acids is 1. The Balaban J connectivity index is 1.94. The van der Waals surface area contributed by atoms with E-state index in [0.717, 1.165) is 12.8 Å². The molecule has 0 bridgehead atoms. The topological polar surface area (TPSA) is 51.2 Å². The quantitative estimate of drug-likeness (QED) is 0.834. The van der Waals surface area contributed by atoms with Gasteiger partial charge in [0.2, 0.25) is 5.95 Å². The predicted molar refractivity (Wildman–Crippen MR) is 64.7 cm³/mol. The molecule has 18 heavy (non-hydrogen) atoms. The van der Waals surface area contributed by atoms with Crippen LogP contribution in [0.2, 0.25) is 0 Å². The maximum Gasteiger partial charge on any atom is 0.255 e. The lowest BCUT2D eigenvalue weighted by atomic mass is 9.82. The molecule has 0 saturated carbocycles. The SMILES string of the molecule is CC1(CNC(=O)c2cccnc2F)CCOCC1. The standard InChI is InChI=1S/C13H17FN2O2/c1-13(4-7-18-8-5-13)9-16-12(17)10-3-2-6-15-11(10)14/h2-3,6H,4-5,7-9H2,1H3,(H,16,17). The summed E-state index contributed by atoms with van der Waals surface area (Å²) >= 11 is 0. The van der Waals surface area contributed by atoms with E-state index in [2.05, 4.69) is 17.2 Å². The first-order valence-corrected chi connectivity index (χ1v) is 6.07. The Hall–Kier alpha value is -1.49. The summed E-state index contributed by atoms with van der Waals surface area (Å²) in [5, 5.41) is 2.78. The number of nitrogens with zero attached hydrogens (tertiary/aromatic N) is 1. The molecule has 1 N–H and O–H groups in total. The Labute approximate surface area is 106 Å². The summed E-state index contributed by atoms with van der Waals surface area (Å²) in [6.07, 6.45) is 3.14. The van der Waals surface area contributed by atoms with E-state index in [1.807, 2.05) is 0 Å². The van der Waals surface area contributed by atoms with E-state index < -0.39 is 11.9 Å². The number of pyridine rings is 1. The minimum atomic E-state index is -0.730. The second-order valence-electron chi connectivity index (χ2n) is 4.95. The Morgan fingerprint density at radius 2 is 2.28 bits per heavy atom. The minimum Gasteiger partial charge on any atom is -0.381 e. The van der Waals surface area contributed by atoms with Crippen LogP contribution in [-0.2, 0) is 4.74 Å². The van der Waals surface area contributed by atoms with Gasteiger partial charge in [-0.05, 0) is 30.4 Å². The number of hydrogen-bond acceptors (Lipinski definition) is 3. The molecule has 4 nitrogen and oxygen atoms in total. The number of halogens is 1. The van der Waals surface area contributed by atoms with E-state index in [-0.39, 0.29) is 11.0 Å². The van der Waals surface area contributed by atoms with Gasteiger partial charge in [0.15, 0.2) is 0 Å². The number of amides is 1. The molecule has 98 valence electrons. The molecule has 1 aromatic rings. The van der Waals surface area contributed by atoms with Crippen molar-refractivity contribution in [2.45, 2.75) is 19.8 Å². The highest BCUT2D eigenvalue weighted by Gasteiger charge is 2.28. The van der Waals surface area contributed by atoms with Gasteiger partial charge >= 0.3 is 0 Å². The normalized spacial score (nSPS) is 18.3. The average molecular weight is 252 g/mol. The fraction of sp³-hybridized carbons (Fsp3) is 0.538. The molecule has 0 unspecified atom stereocenters. The van der Waals surface area contributed by atoms with Gasteiger partial charge in [-0.25, -0.2) is 4.98 Å². The van der Waals surface area contributed by atoms with Gasteiger partial charge in [-0.2, -0.15) is 4.39 Å². The third kappa shape index (κ3) is 3.04. The van der Waals surface area contributed by atoms with Gasteiger partial charge in [0.1, 0.15) is 0 Å². The highest BCUT2D eigenvalue weighted by Crippen LogP contribution is 2.28. The number of aromatic nitrogens is 1. The summed E-state index contributed by atoms with van der Waals surface area (Å²) in [6, 6.07) is 2.98. The third-order valence-electron chi connectivity index (χ3n) is 3.38. The zero-order valence-electron chi connectivity index (χ0n) is 10.4. The zero-order chi connectivity index (χ0) is 13.0. The molecule has 0 atom stereocenters. The summed E-state index contributed by atoms with van der Waals surface area (Å²) in [6.45, 7) is 4.07. The highest BCUT2D eigenvalue weighted by molar-refractivity contribution is 5.94. The van der Waals surface area contributed by atoms with Gasteiger partial charge < -0.3 is 10.1 Å². The molecule has 5 heteroatoms. The molecule has 0 radical (unpaired) electrons. The lowest BCUT2D eigenvalue weighted by Crippen LogP contribution is -2.39. The molecule has 0 aromatic carbocycles. The van der Waals surface area contributed by atoms with Crippen molar-refractivity contribution in [1.82, 2.24) is 10.3 Å². The molecule has 0 aliphatic carbocycles. The summed E-state index contributed by atoms with van der Waals surface area (Å²) in [5.74, 6) is -1.14. The molecule has 1 amide bonds. The number of nitrogens with one attached hydrogen (secondary N) is 1. The van der Waals surface area contributed by atoms with Crippen LogP contribution in [0.15, 0.2) is 18.3 Å². The van der Waals surface area contributed by atoms with E-state index >= 15 is 0 Å². The lowest BCUT2D eigenvalue weighted by Gasteiger charge is -2.33. The summed E-state index contributed by atoms with van der Waals surface area (Å²) in [5.41, 5.74) is 0.0280. The fourth-order valence-electron chi connectivity index (χ4n) is 1.99. The van der Waals surface area contributed by atoms with Crippen molar-refractivity contribution < 1.29 is 13.9 Å². The Bertz CT molecular complexity index is 431. The molecule has 1 fully saturated rings. The van der Waals surface area contributed by atoms with Crippen molar-refractivity contribution in [2.24, 2.45) is 5.41 Å². The molecule has 1 saturated heterocycles. The van der Waals surface area contributed by atoms with Crippen LogP contribution >= 0.6 is 0 Å². The van der Waals surface area contributed by atoms with Crippen LogP contribution in [0, 0.1) is 11.4 Å². The van der Waals surface area contributed by atoms with Crippen molar-refractivity contribution in [3.63, 3.8) is 0 Å². The van der Waals surface area contributed by atoms with E-state index in [1.54, 1.807) is 6.07 Å². The molecule has 2 rings (SSSR count). The summed E-state index contributed by atoms with van der Waals surface area (Å²) in [4.78, 5) is 15.3. The van der Waals surface area contributed by atoms with Crippen LogP contribution in [0.4, 0.5) is 4.39 Å². The van der Waals surface area contributed by atoms with E-state index in [0.29, 0.717) is 19.8 Å². The first-order chi connectivity index (χ1) is 8.61. The maximum absolute atomic E-state index is 13.3. The minimum absolute atomic E-state index is 0.00633. The van der Waals surface area contributed by atoms with Crippen LogP contribution in [0.3, 0.4) is 0 Å². The van der Waals surface area contributed by atoms with Crippen LogP contribution < -0.4 is 5.32 Å². The summed E-state index contributed by atoms with van der Waals surface area (Å²) in [7, 11) is 0. The van der Waals surface area contributed by atoms with Gasteiger partial charge in [-0.3, -0.25) is 4.79 Å². The van der Waals surface area contributed by atoms with Crippen LogP contribution in [-0.4, -0.2) is 30.6 Å².